The van der Waals surface area contributed by atoms with Crippen molar-refractivity contribution in [3.05, 3.63) is 70.9 Å². The fourth-order valence-corrected chi connectivity index (χ4v) is 4.94. The summed E-state index contributed by atoms with van der Waals surface area (Å²) in [6.45, 7) is 3.67. The Morgan fingerprint density at radius 1 is 1.04 bits per heavy atom. The number of nitrogens with zero attached hydrogens (tertiary/aromatic N) is 1. The van der Waals surface area contributed by atoms with Crippen LogP contribution in [0, 0.1) is 0 Å². The van der Waals surface area contributed by atoms with E-state index in [9.17, 15) is 0 Å². The smallest absolute Gasteiger partial charge is 0.156 e. The number of H-pyrrole nitrogens is 1. The number of para-hydroxylation sites is 1. The Bertz CT molecular complexity index is 907. The Hall–Kier alpha value is -2.06. The normalized spacial score (nSPS) is 29.0. The first-order valence-corrected chi connectivity index (χ1v) is 8.70. The second kappa shape index (κ2) is 4.48. The Kier molecular flexibility index (Phi) is 2.61. The molecule has 0 radical (unpaired) electrons. The third-order valence-electron chi connectivity index (χ3n) is 6.43. The van der Waals surface area contributed by atoms with Crippen LogP contribution in [0.4, 0.5) is 0 Å². The minimum atomic E-state index is 0.450. The molecule has 5 rings (SSSR count). The minimum Gasteiger partial charge on any atom is -0.353 e. The van der Waals surface area contributed by atoms with Gasteiger partial charge in [0.2, 0.25) is 0 Å². The van der Waals surface area contributed by atoms with Gasteiger partial charge >= 0.3 is 0 Å². The molecule has 0 saturated carbocycles. The molecule has 2 nitrogen and oxygen atoms in total. The molecule has 2 heteroatoms. The summed E-state index contributed by atoms with van der Waals surface area (Å²) in [5.74, 6) is 0. The van der Waals surface area contributed by atoms with E-state index in [0.717, 1.165) is 4.48 Å². The van der Waals surface area contributed by atoms with Crippen LogP contribution in [0.3, 0.4) is 0 Å². The molecular weight excluding hydrogens is 280 g/mol. The Balaban J connectivity index is 1.83. The van der Waals surface area contributed by atoms with E-state index >= 15 is 0 Å². The summed E-state index contributed by atoms with van der Waals surface area (Å²) < 4.78 is 1.14. The molecule has 23 heavy (non-hydrogen) atoms. The quantitative estimate of drug-likeness (QED) is 0.599. The molecule has 0 bridgehead atoms. The first-order chi connectivity index (χ1) is 11.2. The van der Waals surface area contributed by atoms with Crippen molar-refractivity contribution in [2.24, 2.45) is 0 Å². The maximum atomic E-state index is 3.79. The molecule has 2 aromatic carbocycles. The second-order valence-corrected chi connectivity index (χ2v) is 7.54. The number of nitrogens with one attached hydrogen (secondary N) is 1. The molecule has 0 fully saturated rings. The zero-order valence-electron chi connectivity index (χ0n) is 13.8. The van der Waals surface area contributed by atoms with E-state index in [-0.39, 0.29) is 0 Å². The Morgan fingerprint density at radius 3 is 2.74 bits per heavy atom. The van der Waals surface area contributed by atoms with Crippen LogP contribution >= 0.6 is 0 Å². The summed E-state index contributed by atoms with van der Waals surface area (Å²) in [6, 6.07) is 19.0. The zero-order valence-corrected chi connectivity index (χ0v) is 13.8. The van der Waals surface area contributed by atoms with Gasteiger partial charge in [-0.15, -0.1) is 0 Å². The van der Waals surface area contributed by atoms with Crippen molar-refractivity contribution in [1.82, 2.24) is 4.98 Å². The Labute approximate surface area is 137 Å². The molecule has 1 N–H and O–H groups in total. The standard InChI is InChI=1S/C21H23N2/c1-14-13-18-17-9-5-6-10-19(17)22-20(18)21-16-8-4-3-7-15(16)11-12-23(14,21)2/h3-10,14,21-22H,11-13H2,1-2H3/q+1. The summed E-state index contributed by atoms with van der Waals surface area (Å²) in [5, 5.41) is 1.42. The largest absolute Gasteiger partial charge is 0.353 e. The van der Waals surface area contributed by atoms with Gasteiger partial charge in [0.1, 0.15) is 0 Å². The maximum Gasteiger partial charge on any atom is 0.156 e. The number of aromatic nitrogens is 1. The number of hydrogen-bond acceptors (Lipinski definition) is 0. The van der Waals surface area contributed by atoms with E-state index in [2.05, 4.69) is 67.5 Å². The minimum absolute atomic E-state index is 0.450. The van der Waals surface area contributed by atoms with Crippen molar-refractivity contribution in [2.45, 2.75) is 31.8 Å². The number of rotatable bonds is 0. The van der Waals surface area contributed by atoms with Gasteiger partial charge in [-0.2, -0.15) is 0 Å². The van der Waals surface area contributed by atoms with Gasteiger partial charge < -0.3 is 9.47 Å². The third-order valence-corrected chi connectivity index (χ3v) is 6.43. The van der Waals surface area contributed by atoms with E-state index < -0.39 is 0 Å². The first kappa shape index (κ1) is 13.4. The molecule has 116 valence electrons. The van der Waals surface area contributed by atoms with Crippen LogP contribution in [0.25, 0.3) is 10.9 Å². The summed E-state index contributed by atoms with van der Waals surface area (Å²) in [6.07, 6.45) is 2.37. The zero-order chi connectivity index (χ0) is 15.6. The molecule has 2 aliphatic rings. The van der Waals surface area contributed by atoms with Crippen molar-refractivity contribution >= 4 is 10.9 Å². The van der Waals surface area contributed by atoms with Gasteiger partial charge in [-0.1, -0.05) is 42.5 Å². The number of benzene rings is 2. The van der Waals surface area contributed by atoms with E-state index in [1.807, 2.05) is 0 Å². The van der Waals surface area contributed by atoms with Crippen molar-refractivity contribution in [2.75, 3.05) is 13.6 Å². The van der Waals surface area contributed by atoms with Gasteiger partial charge in [0.15, 0.2) is 6.04 Å². The molecule has 0 aliphatic carbocycles. The lowest BCUT2D eigenvalue weighted by Crippen LogP contribution is -2.59. The third kappa shape index (κ3) is 1.67. The van der Waals surface area contributed by atoms with Gasteiger partial charge in [0, 0.05) is 29.3 Å². The van der Waals surface area contributed by atoms with Crippen molar-refractivity contribution in [3.63, 3.8) is 0 Å². The molecule has 3 aromatic rings. The van der Waals surface area contributed by atoms with Crippen LogP contribution in [0.15, 0.2) is 48.5 Å². The highest BCUT2D eigenvalue weighted by molar-refractivity contribution is 5.85. The molecular formula is C21H23N2+. The first-order valence-electron chi connectivity index (χ1n) is 8.70. The van der Waals surface area contributed by atoms with Gasteiger partial charge in [0.05, 0.1) is 25.3 Å². The SMILES string of the molecule is CC1Cc2c([nH]c3ccccc23)C2c3ccccc3CC[N+]12C. The van der Waals surface area contributed by atoms with E-state index in [0.29, 0.717) is 12.1 Å². The highest BCUT2D eigenvalue weighted by atomic mass is 15.4. The lowest BCUT2D eigenvalue weighted by Gasteiger charge is -2.52. The summed E-state index contributed by atoms with van der Waals surface area (Å²) in [7, 11) is 2.46. The average Bonchev–Trinajstić information content (AvgIpc) is 2.93. The fourth-order valence-electron chi connectivity index (χ4n) is 4.94. The molecule has 2 aliphatic heterocycles. The van der Waals surface area contributed by atoms with Crippen LogP contribution < -0.4 is 0 Å². The van der Waals surface area contributed by atoms with E-state index in [1.165, 1.54) is 47.1 Å². The lowest BCUT2D eigenvalue weighted by molar-refractivity contribution is -0.959. The highest BCUT2D eigenvalue weighted by Gasteiger charge is 2.48. The number of hydrogen-bond donors (Lipinski definition) is 1. The molecule has 3 unspecified atom stereocenters. The van der Waals surface area contributed by atoms with Gasteiger partial charge in [-0.05, 0) is 24.1 Å². The monoisotopic (exact) mass is 303 g/mol. The number of quaternary nitrogens is 1. The predicted molar refractivity (Wildman–Crippen MR) is 94.5 cm³/mol. The topological polar surface area (TPSA) is 15.8 Å². The second-order valence-electron chi connectivity index (χ2n) is 7.54. The van der Waals surface area contributed by atoms with Crippen molar-refractivity contribution in [3.8, 4) is 0 Å². The van der Waals surface area contributed by atoms with Gasteiger partial charge in [0.25, 0.3) is 0 Å². The average molecular weight is 303 g/mol. The number of likely N-dealkylation sites (N-methyl/N-ethyl adjacent to an activating group) is 1. The predicted octanol–water partition coefficient (Wildman–Crippen LogP) is 4.20. The van der Waals surface area contributed by atoms with Gasteiger partial charge in [-0.25, -0.2) is 0 Å². The molecule has 1 aromatic heterocycles. The Morgan fingerprint density at radius 2 is 1.83 bits per heavy atom. The fraction of sp³-hybridized carbons (Fsp3) is 0.333. The maximum absolute atomic E-state index is 3.79. The summed E-state index contributed by atoms with van der Waals surface area (Å²) >= 11 is 0. The van der Waals surface area contributed by atoms with Crippen LogP contribution in [-0.2, 0) is 12.8 Å². The van der Waals surface area contributed by atoms with Crippen LogP contribution in [0.2, 0.25) is 0 Å². The van der Waals surface area contributed by atoms with Crippen molar-refractivity contribution in [1.29, 1.82) is 0 Å². The summed E-state index contributed by atoms with van der Waals surface area (Å²) in [4.78, 5) is 3.79. The molecule has 0 spiro atoms. The van der Waals surface area contributed by atoms with Crippen LogP contribution in [0.5, 0.6) is 0 Å². The van der Waals surface area contributed by atoms with Gasteiger partial charge in [-0.3, -0.25) is 0 Å². The lowest BCUT2D eigenvalue weighted by atomic mass is 9.81. The number of aromatic amines is 1. The van der Waals surface area contributed by atoms with E-state index in [1.54, 1.807) is 5.56 Å². The van der Waals surface area contributed by atoms with Crippen LogP contribution in [-0.4, -0.2) is 29.1 Å². The van der Waals surface area contributed by atoms with Crippen LogP contribution in [0.1, 0.15) is 35.3 Å². The summed E-state index contributed by atoms with van der Waals surface area (Å²) in [5.41, 5.74) is 7.36. The van der Waals surface area contributed by atoms with E-state index in [4.69, 9.17) is 0 Å². The molecule has 0 saturated heterocycles. The molecule has 0 amide bonds. The molecule has 3 atom stereocenters. The molecule has 3 heterocycles. The number of fused-ring (bicyclic) bond motifs is 7. The van der Waals surface area contributed by atoms with Crippen molar-refractivity contribution < 1.29 is 4.48 Å². The highest BCUT2D eigenvalue weighted by Crippen LogP contribution is 2.47.